The molecule has 0 aliphatic rings. The van der Waals surface area contributed by atoms with Crippen molar-refractivity contribution in [3.8, 4) is 6.07 Å². The molecular weight excluding hydrogens is 180 g/mol. The fourth-order valence-corrected chi connectivity index (χ4v) is 0.738. The van der Waals surface area contributed by atoms with Crippen molar-refractivity contribution < 1.29 is 9.53 Å². The summed E-state index contributed by atoms with van der Waals surface area (Å²) in [7, 11) is 0. The van der Waals surface area contributed by atoms with Gasteiger partial charge in [-0.2, -0.15) is 5.26 Å². The normalized spacial score (nSPS) is 11.8. The summed E-state index contributed by atoms with van der Waals surface area (Å²) in [6.07, 6.45) is 1.34. The molecule has 0 saturated carbocycles. The summed E-state index contributed by atoms with van der Waals surface area (Å²) in [6.45, 7) is 7.30. The monoisotopic (exact) mass is 196 g/mol. The molecule has 0 bridgehead atoms. The predicted molar refractivity (Wildman–Crippen MR) is 53.2 cm³/mol. The van der Waals surface area contributed by atoms with E-state index in [1.54, 1.807) is 27.7 Å². The van der Waals surface area contributed by atoms with Crippen LogP contribution in [-0.2, 0) is 9.53 Å². The van der Waals surface area contributed by atoms with E-state index >= 15 is 0 Å². The van der Waals surface area contributed by atoms with Crippen LogP contribution in [0.5, 0.6) is 0 Å². The van der Waals surface area contributed by atoms with E-state index in [2.05, 4.69) is 5.32 Å². The zero-order chi connectivity index (χ0) is 11.2. The van der Waals surface area contributed by atoms with E-state index in [0.717, 1.165) is 0 Å². The highest BCUT2D eigenvalue weighted by Crippen LogP contribution is 2.07. The third kappa shape index (κ3) is 7.17. The Balaban J connectivity index is 4.10. The van der Waals surface area contributed by atoms with Crippen molar-refractivity contribution in [3.63, 3.8) is 0 Å². The molecule has 78 valence electrons. The molecule has 0 rings (SSSR count). The van der Waals surface area contributed by atoms with Gasteiger partial charge in [0.2, 0.25) is 0 Å². The summed E-state index contributed by atoms with van der Waals surface area (Å²) in [4.78, 5) is 11.2. The molecule has 0 aliphatic heterocycles. The second kappa shape index (κ2) is 5.28. The first-order chi connectivity index (χ1) is 6.35. The van der Waals surface area contributed by atoms with Crippen molar-refractivity contribution in [3.05, 3.63) is 11.8 Å². The van der Waals surface area contributed by atoms with Gasteiger partial charge in [0.05, 0.1) is 6.07 Å². The van der Waals surface area contributed by atoms with Gasteiger partial charge in [-0.15, -0.1) is 0 Å². The third-order valence-corrected chi connectivity index (χ3v) is 1.19. The quantitative estimate of drug-likeness (QED) is 0.420. The first kappa shape index (κ1) is 12.5. The molecule has 0 atom stereocenters. The van der Waals surface area contributed by atoms with Crippen molar-refractivity contribution in [2.75, 3.05) is 6.54 Å². The fraction of sp³-hybridized carbons (Fsp3) is 0.600. The molecule has 0 saturated heterocycles. The number of hydrogen-bond acceptors (Lipinski definition) is 4. The number of nitrogens with zero attached hydrogens (tertiary/aromatic N) is 1. The minimum Gasteiger partial charge on any atom is -0.457 e. The van der Waals surface area contributed by atoms with Crippen molar-refractivity contribution in [1.29, 1.82) is 5.26 Å². The highest BCUT2D eigenvalue weighted by atomic mass is 16.6. The molecule has 0 aromatic heterocycles. The summed E-state index contributed by atoms with van der Waals surface area (Å²) in [5.74, 6) is -0.402. The molecule has 4 heteroatoms. The number of ether oxygens (including phenoxy) is 1. The van der Waals surface area contributed by atoms with Crippen LogP contribution in [0.2, 0.25) is 0 Å². The Morgan fingerprint density at radius 1 is 1.57 bits per heavy atom. The van der Waals surface area contributed by atoms with E-state index in [9.17, 15) is 4.79 Å². The standard InChI is InChI=1S/C10H16N2O2/c1-8(12-6-5-11)7-9(13)14-10(2,3)4/h7,12H,6H2,1-4H3/b8-7+. The topological polar surface area (TPSA) is 62.1 Å². The maximum absolute atomic E-state index is 11.2. The van der Waals surface area contributed by atoms with Gasteiger partial charge >= 0.3 is 5.97 Å². The highest BCUT2D eigenvalue weighted by Gasteiger charge is 2.14. The molecule has 14 heavy (non-hydrogen) atoms. The number of carbonyl (C=O) groups excluding carboxylic acids is 1. The Labute approximate surface area is 84.6 Å². The molecule has 1 N–H and O–H groups in total. The molecule has 0 spiro atoms. The van der Waals surface area contributed by atoms with Crippen molar-refractivity contribution in [2.45, 2.75) is 33.3 Å². The Kier molecular flexibility index (Phi) is 4.71. The Hall–Kier alpha value is -1.50. The minimum atomic E-state index is -0.483. The maximum atomic E-state index is 11.2. The Bertz CT molecular complexity index is 269. The van der Waals surface area contributed by atoms with Gasteiger partial charge in [-0.3, -0.25) is 0 Å². The molecule has 0 amide bonds. The molecular formula is C10H16N2O2. The zero-order valence-electron chi connectivity index (χ0n) is 9.05. The van der Waals surface area contributed by atoms with Crippen LogP contribution in [0.3, 0.4) is 0 Å². The molecule has 0 aliphatic carbocycles. The summed E-state index contributed by atoms with van der Waals surface area (Å²) in [5.41, 5.74) is 0.143. The van der Waals surface area contributed by atoms with Crippen molar-refractivity contribution in [2.24, 2.45) is 0 Å². The van der Waals surface area contributed by atoms with Crippen LogP contribution in [0.25, 0.3) is 0 Å². The predicted octanol–water partition coefficient (Wildman–Crippen LogP) is 1.35. The van der Waals surface area contributed by atoms with Crippen LogP contribution in [0.15, 0.2) is 11.8 Å². The zero-order valence-corrected chi connectivity index (χ0v) is 9.05. The van der Waals surface area contributed by atoms with Crippen molar-refractivity contribution in [1.82, 2.24) is 5.32 Å². The first-order valence-electron chi connectivity index (χ1n) is 4.37. The molecule has 0 aromatic carbocycles. The van der Waals surface area contributed by atoms with Crippen LogP contribution < -0.4 is 5.32 Å². The van der Waals surface area contributed by atoms with Gasteiger partial charge in [0.25, 0.3) is 0 Å². The number of esters is 1. The molecule has 0 radical (unpaired) electrons. The molecule has 0 aromatic rings. The number of rotatable bonds is 3. The number of nitrogens with one attached hydrogen (secondary N) is 1. The van der Waals surface area contributed by atoms with Crippen molar-refractivity contribution >= 4 is 5.97 Å². The Morgan fingerprint density at radius 2 is 2.14 bits per heavy atom. The molecule has 0 unspecified atom stereocenters. The fourth-order valence-electron chi connectivity index (χ4n) is 0.738. The van der Waals surface area contributed by atoms with Gasteiger partial charge in [-0.25, -0.2) is 4.79 Å². The van der Waals surface area contributed by atoms with Crippen LogP contribution in [-0.4, -0.2) is 18.1 Å². The second-order valence-electron chi connectivity index (χ2n) is 3.87. The van der Waals surface area contributed by atoms with E-state index in [1.807, 2.05) is 6.07 Å². The lowest BCUT2D eigenvalue weighted by Crippen LogP contribution is -2.23. The van der Waals surface area contributed by atoms with Crippen LogP contribution in [0, 0.1) is 11.3 Å². The highest BCUT2D eigenvalue weighted by molar-refractivity contribution is 5.82. The van der Waals surface area contributed by atoms with Gasteiger partial charge in [0, 0.05) is 11.8 Å². The first-order valence-corrected chi connectivity index (χ1v) is 4.37. The lowest BCUT2D eigenvalue weighted by molar-refractivity contribution is -0.148. The summed E-state index contributed by atoms with van der Waals surface area (Å²) in [6, 6.07) is 1.92. The van der Waals surface area contributed by atoms with E-state index in [-0.39, 0.29) is 6.54 Å². The number of nitriles is 1. The molecule has 0 heterocycles. The second-order valence-corrected chi connectivity index (χ2v) is 3.87. The average molecular weight is 196 g/mol. The van der Waals surface area contributed by atoms with Gasteiger partial charge in [0.15, 0.2) is 0 Å². The van der Waals surface area contributed by atoms with Gasteiger partial charge < -0.3 is 10.1 Å². The van der Waals surface area contributed by atoms with Crippen LogP contribution in [0.4, 0.5) is 0 Å². The number of hydrogen-bond donors (Lipinski definition) is 1. The smallest absolute Gasteiger partial charge is 0.333 e. The van der Waals surface area contributed by atoms with Gasteiger partial charge in [-0.05, 0) is 27.7 Å². The molecule has 0 fully saturated rings. The largest absolute Gasteiger partial charge is 0.457 e. The lowest BCUT2D eigenvalue weighted by Gasteiger charge is -2.18. The van der Waals surface area contributed by atoms with Gasteiger partial charge in [0.1, 0.15) is 12.1 Å². The van der Waals surface area contributed by atoms with Gasteiger partial charge in [-0.1, -0.05) is 0 Å². The van der Waals surface area contributed by atoms with Crippen LogP contribution in [0.1, 0.15) is 27.7 Å². The number of carbonyl (C=O) groups is 1. The van der Waals surface area contributed by atoms with E-state index in [1.165, 1.54) is 6.08 Å². The van der Waals surface area contributed by atoms with E-state index < -0.39 is 11.6 Å². The summed E-state index contributed by atoms with van der Waals surface area (Å²) in [5, 5.41) is 11.0. The maximum Gasteiger partial charge on any atom is 0.333 e. The SMILES string of the molecule is C/C(=C\C(=O)OC(C)(C)C)NCC#N. The molecule has 4 nitrogen and oxygen atoms in total. The summed E-state index contributed by atoms with van der Waals surface area (Å²) >= 11 is 0. The number of allylic oxidation sites excluding steroid dienone is 1. The minimum absolute atomic E-state index is 0.186. The Morgan fingerprint density at radius 3 is 2.57 bits per heavy atom. The summed E-state index contributed by atoms with van der Waals surface area (Å²) < 4.78 is 5.05. The van der Waals surface area contributed by atoms with E-state index in [0.29, 0.717) is 5.70 Å². The lowest BCUT2D eigenvalue weighted by atomic mass is 10.2. The third-order valence-electron chi connectivity index (χ3n) is 1.19. The van der Waals surface area contributed by atoms with E-state index in [4.69, 9.17) is 10.00 Å². The van der Waals surface area contributed by atoms with Crippen LogP contribution >= 0.6 is 0 Å². The average Bonchev–Trinajstić information content (AvgIpc) is 1.96.